The number of hydrogen-bond acceptors (Lipinski definition) is 1. The van der Waals surface area contributed by atoms with Crippen LogP contribution in [0.4, 0.5) is 43.4 Å². The largest absolute Gasteiger partial charge is 0.416 e. The van der Waals surface area contributed by atoms with E-state index in [2.05, 4.69) is 114 Å². The Morgan fingerprint density at radius 3 is 1.40 bits per heavy atom. The Morgan fingerprint density at radius 2 is 0.806 bits per heavy atom. The highest BCUT2D eigenvalue weighted by atomic mass is 19.4. The highest BCUT2D eigenvalue weighted by molar-refractivity contribution is 6.37. The van der Waals surface area contributed by atoms with Crippen LogP contribution in [0.25, 0.3) is 81.7 Å². The lowest BCUT2D eigenvalue weighted by atomic mass is 9.87. The van der Waals surface area contributed by atoms with Crippen molar-refractivity contribution in [2.45, 2.75) is 12.4 Å². The summed E-state index contributed by atoms with van der Waals surface area (Å²) in [4.78, 5) is 1.65. The topological polar surface area (TPSA) is 8.17 Å². The Bertz CT molecular complexity index is 3470. The molecule has 11 rings (SSSR count). The predicted octanol–water partition coefficient (Wildman–Crippen LogP) is 16.6. The average molecular weight is 823 g/mol. The zero-order valence-corrected chi connectivity index (χ0v) is 32.6. The maximum Gasteiger partial charge on any atom is 0.416 e. The molecule has 0 N–H and O–H groups in total. The Kier molecular flexibility index (Phi) is 8.45. The van der Waals surface area contributed by atoms with E-state index in [1.165, 1.54) is 29.7 Å². The van der Waals surface area contributed by atoms with Crippen LogP contribution in [-0.4, -0.2) is 4.57 Å². The molecule has 1 aromatic heterocycles. The molecule has 10 aromatic carbocycles. The van der Waals surface area contributed by atoms with E-state index in [1.807, 2.05) is 36.4 Å². The molecule has 2 nitrogen and oxygen atoms in total. The summed E-state index contributed by atoms with van der Waals surface area (Å²) < 4.78 is 84.0. The SMILES string of the molecule is FC(F)(F)c1ccc(N(c2ccc(-n3c4ccccc4c4c5ccccc5c5cc(-c6cccc7ccccc67)c6ccccc6c5c43)cc2)c2ccc(C(F)(F)F)cc2)cc1. The molecule has 300 valence electrons. The number of alkyl halides is 6. The smallest absolute Gasteiger partial charge is 0.311 e. The number of nitrogens with zero attached hydrogens (tertiary/aromatic N) is 2. The van der Waals surface area contributed by atoms with Crippen molar-refractivity contribution >= 4 is 82.0 Å². The van der Waals surface area contributed by atoms with E-state index in [9.17, 15) is 26.3 Å². The van der Waals surface area contributed by atoms with E-state index in [0.29, 0.717) is 17.1 Å². The Morgan fingerprint density at radius 1 is 0.355 bits per heavy atom. The van der Waals surface area contributed by atoms with Crippen LogP contribution in [0, 0.1) is 0 Å². The molecule has 0 spiro atoms. The highest BCUT2D eigenvalue weighted by Crippen LogP contribution is 2.48. The van der Waals surface area contributed by atoms with E-state index >= 15 is 0 Å². The van der Waals surface area contributed by atoms with Gasteiger partial charge in [-0.3, -0.25) is 0 Å². The zero-order valence-electron chi connectivity index (χ0n) is 32.6. The van der Waals surface area contributed by atoms with E-state index in [0.717, 1.165) is 101 Å². The van der Waals surface area contributed by atoms with Gasteiger partial charge in [0.05, 0.1) is 22.2 Å². The minimum absolute atomic E-state index is 0.355. The predicted molar refractivity (Wildman–Crippen MR) is 241 cm³/mol. The van der Waals surface area contributed by atoms with Gasteiger partial charge >= 0.3 is 12.4 Å². The molecule has 8 heteroatoms. The van der Waals surface area contributed by atoms with E-state index in [-0.39, 0.29) is 0 Å². The lowest BCUT2D eigenvalue weighted by Crippen LogP contribution is -2.12. The number of anilines is 3. The summed E-state index contributed by atoms with van der Waals surface area (Å²) in [7, 11) is 0. The number of para-hydroxylation sites is 1. The van der Waals surface area contributed by atoms with Crippen LogP contribution in [0.1, 0.15) is 11.1 Å². The number of hydrogen-bond donors (Lipinski definition) is 0. The van der Waals surface area contributed by atoms with Crippen LogP contribution < -0.4 is 4.90 Å². The van der Waals surface area contributed by atoms with Gasteiger partial charge in [0.15, 0.2) is 0 Å². The van der Waals surface area contributed by atoms with Gasteiger partial charge in [-0.2, -0.15) is 26.3 Å². The fourth-order valence-corrected chi connectivity index (χ4v) is 9.28. The van der Waals surface area contributed by atoms with Gasteiger partial charge in [0.1, 0.15) is 0 Å². The van der Waals surface area contributed by atoms with Crippen molar-refractivity contribution in [1.29, 1.82) is 0 Å². The summed E-state index contributed by atoms with van der Waals surface area (Å²) in [6, 6.07) is 59.4. The van der Waals surface area contributed by atoms with Crippen LogP contribution in [-0.2, 0) is 12.4 Å². The summed E-state index contributed by atoms with van der Waals surface area (Å²) in [6.45, 7) is 0. The second kappa shape index (κ2) is 14.0. The first kappa shape index (κ1) is 37.4. The van der Waals surface area contributed by atoms with Gasteiger partial charge in [-0.05, 0) is 134 Å². The molecule has 0 aliphatic heterocycles. The van der Waals surface area contributed by atoms with E-state index in [1.54, 1.807) is 4.90 Å². The number of aromatic nitrogens is 1. The number of benzene rings is 10. The van der Waals surface area contributed by atoms with Crippen molar-refractivity contribution in [2.24, 2.45) is 0 Å². The quantitative estimate of drug-likeness (QED) is 0.124. The normalized spacial score (nSPS) is 12.4. The summed E-state index contributed by atoms with van der Waals surface area (Å²) in [5, 5.41) is 11.1. The maximum atomic E-state index is 13.6. The van der Waals surface area contributed by atoms with Crippen LogP contribution >= 0.6 is 0 Å². The molecule has 0 unspecified atom stereocenters. The minimum Gasteiger partial charge on any atom is -0.311 e. The molecular weight excluding hydrogens is 791 g/mol. The molecule has 11 aromatic rings. The third-order valence-corrected chi connectivity index (χ3v) is 12.0. The first-order chi connectivity index (χ1) is 30.0. The Labute approximate surface area is 351 Å². The van der Waals surface area contributed by atoms with Gasteiger partial charge in [0, 0.05) is 38.9 Å². The van der Waals surface area contributed by atoms with Crippen molar-refractivity contribution in [3.63, 3.8) is 0 Å². The second-order valence-corrected chi connectivity index (χ2v) is 15.5. The molecule has 0 aliphatic carbocycles. The first-order valence-electron chi connectivity index (χ1n) is 20.1. The van der Waals surface area contributed by atoms with Crippen molar-refractivity contribution in [3.05, 3.63) is 205 Å². The van der Waals surface area contributed by atoms with Gasteiger partial charge in [-0.1, -0.05) is 109 Å². The molecule has 0 aliphatic rings. The van der Waals surface area contributed by atoms with Crippen LogP contribution in [0.5, 0.6) is 0 Å². The summed E-state index contributed by atoms with van der Waals surface area (Å²) >= 11 is 0. The molecule has 0 atom stereocenters. The number of halogens is 6. The Balaban J connectivity index is 1.17. The van der Waals surface area contributed by atoms with Crippen molar-refractivity contribution in [1.82, 2.24) is 4.57 Å². The Hall–Kier alpha value is -7.58. The molecule has 0 saturated heterocycles. The average Bonchev–Trinajstić information content (AvgIpc) is 3.64. The highest BCUT2D eigenvalue weighted by Gasteiger charge is 2.32. The van der Waals surface area contributed by atoms with Gasteiger partial charge in [0.2, 0.25) is 0 Å². The first-order valence-corrected chi connectivity index (χ1v) is 20.1. The van der Waals surface area contributed by atoms with E-state index < -0.39 is 23.5 Å². The molecule has 0 amide bonds. The lowest BCUT2D eigenvalue weighted by molar-refractivity contribution is -0.138. The van der Waals surface area contributed by atoms with Gasteiger partial charge in [-0.25, -0.2) is 0 Å². The third-order valence-electron chi connectivity index (χ3n) is 12.0. The van der Waals surface area contributed by atoms with Crippen molar-refractivity contribution < 1.29 is 26.3 Å². The monoisotopic (exact) mass is 822 g/mol. The summed E-state index contributed by atoms with van der Waals surface area (Å²) in [5.41, 5.74) is 4.72. The van der Waals surface area contributed by atoms with Crippen molar-refractivity contribution in [3.8, 4) is 16.8 Å². The van der Waals surface area contributed by atoms with Crippen LogP contribution in [0.2, 0.25) is 0 Å². The minimum atomic E-state index is -4.56. The van der Waals surface area contributed by atoms with Gasteiger partial charge in [-0.15, -0.1) is 0 Å². The van der Waals surface area contributed by atoms with Crippen LogP contribution in [0.3, 0.4) is 0 Å². The fraction of sp³-hybridized carbons (Fsp3) is 0.0370. The van der Waals surface area contributed by atoms with Crippen LogP contribution in [0.15, 0.2) is 194 Å². The molecule has 62 heavy (non-hydrogen) atoms. The lowest BCUT2D eigenvalue weighted by Gasteiger charge is -2.26. The zero-order chi connectivity index (χ0) is 42.3. The molecule has 0 radical (unpaired) electrons. The van der Waals surface area contributed by atoms with Crippen molar-refractivity contribution in [2.75, 3.05) is 4.90 Å². The second-order valence-electron chi connectivity index (χ2n) is 15.5. The van der Waals surface area contributed by atoms with Gasteiger partial charge < -0.3 is 9.47 Å². The number of fused-ring (bicyclic) bond motifs is 11. The molecule has 0 bridgehead atoms. The number of rotatable bonds is 5. The van der Waals surface area contributed by atoms with Gasteiger partial charge in [0.25, 0.3) is 0 Å². The molecule has 0 fully saturated rings. The van der Waals surface area contributed by atoms with E-state index in [4.69, 9.17) is 0 Å². The maximum absolute atomic E-state index is 13.6. The molecular formula is C54H32F6N2. The molecule has 0 saturated carbocycles. The third kappa shape index (κ3) is 5.97. The summed E-state index contributed by atoms with van der Waals surface area (Å²) in [6.07, 6.45) is -9.11. The standard InChI is InChI=1S/C54H32F6N2/c55-53(56,57)34-20-24-36(25-21-34)61(37-26-22-35(23-27-37)54(58,59)60)38-28-30-39(31-29-38)62-49-19-8-7-17-46(49)50-45-16-6-4-14-43(45)48-32-47(41-18-9-11-33-10-1-2-12-40(33)41)42-13-3-5-15-44(42)51(48)52(50)62/h1-32H. The fourth-order valence-electron chi connectivity index (χ4n) is 9.28. The summed E-state index contributed by atoms with van der Waals surface area (Å²) in [5.74, 6) is 0. The molecule has 1 heterocycles.